The quantitative estimate of drug-likeness (QED) is 0.459. The van der Waals surface area contributed by atoms with Crippen LogP contribution < -0.4 is 4.90 Å². The normalized spacial score (nSPS) is 14.7. The minimum Gasteiger partial charge on any atom is -0.443 e. The van der Waals surface area contributed by atoms with Gasteiger partial charge in [0, 0.05) is 23.9 Å². The van der Waals surface area contributed by atoms with Crippen molar-refractivity contribution < 1.29 is 13.6 Å². The van der Waals surface area contributed by atoms with Crippen molar-refractivity contribution in [3.8, 4) is 5.69 Å². The van der Waals surface area contributed by atoms with Gasteiger partial charge >= 0.3 is 6.03 Å². The summed E-state index contributed by atoms with van der Waals surface area (Å²) in [6.07, 6.45) is 3.40. The van der Waals surface area contributed by atoms with Crippen LogP contribution in [0.2, 0.25) is 0 Å². The van der Waals surface area contributed by atoms with Crippen LogP contribution in [0.4, 0.5) is 14.9 Å². The van der Waals surface area contributed by atoms with Crippen LogP contribution in [-0.4, -0.2) is 38.8 Å². The van der Waals surface area contributed by atoms with Crippen LogP contribution in [0, 0.1) is 5.82 Å². The van der Waals surface area contributed by atoms with Crippen LogP contribution in [0.5, 0.6) is 0 Å². The second-order valence-corrected chi connectivity index (χ2v) is 8.94. The van der Waals surface area contributed by atoms with Gasteiger partial charge < -0.3 is 9.32 Å². The Hall–Kier alpha value is -3.68. The summed E-state index contributed by atoms with van der Waals surface area (Å²) in [5.74, 6) is 0.962. The highest BCUT2D eigenvalue weighted by molar-refractivity contribution is 6.03. The number of hydrogen-bond acceptors (Lipinski definition) is 4. The molecule has 1 aliphatic rings. The van der Waals surface area contributed by atoms with Gasteiger partial charge in [-0.15, -0.1) is 0 Å². The number of amides is 2. The summed E-state index contributed by atoms with van der Waals surface area (Å²) < 4.78 is 21.8. The molecular formula is C24H24FN5O2. The van der Waals surface area contributed by atoms with Gasteiger partial charge in [-0.3, -0.25) is 4.90 Å². The molecule has 32 heavy (non-hydrogen) atoms. The minimum absolute atomic E-state index is 0.119. The molecule has 0 spiro atoms. The largest absolute Gasteiger partial charge is 0.443 e. The standard InChI is InChI=1S/C24H24FN5O2/c1-24(2,3)21-14-26-22(32-21)15-28-11-12-29(23(28)31)18-9-6-10-19-16(18)13-27-30(19)20-8-5-4-7-17(20)25/h4-10,13-14H,11-12,15H2,1-3H3. The number of halogens is 1. The second kappa shape index (κ2) is 7.47. The summed E-state index contributed by atoms with van der Waals surface area (Å²) in [6, 6.07) is 12.0. The zero-order valence-corrected chi connectivity index (χ0v) is 18.2. The van der Waals surface area contributed by atoms with Crippen LogP contribution in [0.3, 0.4) is 0 Å². The number of urea groups is 1. The fourth-order valence-corrected chi connectivity index (χ4v) is 3.93. The molecule has 3 heterocycles. The average Bonchev–Trinajstić information content (AvgIpc) is 3.48. The molecule has 2 aromatic carbocycles. The predicted octanol–water partition coefficient (Wildman–Crippen LogP) is 4.89. The van der Waals surface area contributed by atoms with Crippen LogP contribution in [0.25, 0.3) is 16.6 Å². The molecule has 1 aliphatic heterocycles. The number of carbonyl (C=O) groups is 1. The van der Waals surface area contributed by atoms with Crippen molar-refractivity contribution in [2.75, 3.05) is 18.0 Å². The van der Waals surface area contributed by atoms with Crippen LogP contribution in [-0.2, 0) is 12.0 Å². The maximum absolute atomic E-state index is 14.3. The Labute approximate surface area is 185 Å². The maximum atomic E-state index is 14.3. The van der Waals surface area contributed by atoms with Crippen molar-refractivity contribution in [2.24, 2.45) is 0 Å². The first-order chi connectivity index (χ1) is 15.3. The van der Waals surface area contributed by atoms with Crippen LogP contribution >= 0.6 is 0 Å². The van der Waals surface area contributed by atoms with Crippen molar-refractivity contribution in [3.63, 3.8) is 0 Å². The predicted molar refractivity (Wildman–Crippen MR) is 119 cm³/mol. The molecule has 164 valence electrons. The van der Waals surface area contributed by atoms with Gasteiger partial charge in [-0.25, -0.2) is 18.9 Å². The number of benzene rings is 2. The first-order valence-electron chi connectivity index (χ1n) is 10.6. The van der Waals surface area contributed by atoms with E-state index in [0.717, 1.165) is 22.4 Å². The zero-order valence-electron chi connectivity index (χ0n) is 18.2. The van der Waals surface area contributed by atoms with Gasteiger partial charge in [0.25, 0.3) is 0 Å². The third-order valence-corrected chi connectivity index (χ3v) is 5.68. The molecular weight excluding hydrogens is 409 g/mol. The number of rotatable bonds is 4. The topological polar surface area (TPSA) is 67.4 Å². The van der Waals surface area contributed by atoms with Gasteiger partial charge in [0.15, 0.2) is 0 Å². The van der Waals surface area contributed by atoms with E-state index in [1.807, 2.05) is 18.2 Å². The van der Waals surface area contributed by atoms with Crippen molar-refractivity contribution in [2.45, 2.75) is 32.7 Å². The summed E-state index contributed by atoms with van der Waals surface area (Å²) >= 11 is 0. The molecule has 2 amide bonds. The smallest absolute Gasteiger partial charge is 0.325 e. The molecule has 0 N–H and O–H groups in total. The molecule has 0 atom stereocenters. The molecule has 5 rings (SSSR count). The second-order valence-electron chi connectivity index (χ2n) is 8.94. The molecule has 0 bridgehead atoms. The van der Waals surface area contributed by atoms with E-state index in [9.17, 15) is 9.18 Å². The highest BCUT2D eigenvalue weighted by Gasteiger charge is 2.32. The Bertz CT molecular complexity index is 1300. The number of aromatic nitrogens is 3. The molecule has 7 nitrogen and oxygen atoms in total. The Kier molecular flexibility index (Phi) is 4.73. The highest BCUT2D eigenvalue weighted by Crippen LogP contribution is 2.32. The van der Waals surface area contributed by atoms with E-state index >= 15 is 0 Å². The lowest BCUT2D eigenvalue weighted by Crippen LogP contribution is -2.31. The molecule has 0 aliphatic carbocycles. The number of hydrogen-bond donors (Lipinski definition) is 0. The number of anilines is 1. The Morgan fingerprint density at radius 2 is 1.81 bits per heavy atom. The van der Waals surface area contributed by atoms with Crippen molar-refractivity contribution >= 4 is 22.6 Å². The van der Waals surface area contributed by atoms with Gasteiger partial charge in [-0.05, 0) is 24.3 Å². The van der Waals surface area contributed by atoms with E-state index in [1.165, 1.54) is 6.07 Å². The van der Waals surface area contributed by atoms with Crippen LogP contribution in [0.15, 0.2) is 59.3 Å². The van der Waals surface area contributed by atoms with E-state index in [4.69, 9.17) is 4.42 Å². The summed E-state index contributed by atoms with van der Waals surface area (Å²) in [7, 11) is 0. The lowest BCUT2D eigenvalue weighted by molar-refractivity contribution is 0.212. The first-order valence-corrected chi connectivity index (χ1v) is 10.6. The molecule has 4 aromatic rings. The fourth-order valence-electron chi connectivity index (χ4n) is 3.93. The summed E-state index contributed by atoms with van der Waals surface area (Å²) in [6.45, 7) is 7.59. The third kappa shape index (κ3) is 3.41. The summed E-state index contributed by atoms with van der Waals surface area (Å²) in [5.41, 5.74) is 1.72. The van der Waals surface area contributed by atoms with E-state index in [-0.39, 0.29) is 17.3 Å². The van der Waals surface area contributed by atoms with E-state index in [1.54, 1.807) is 45.1 Å². The highest BCUT2D eigenvalue weighted by atomic mass is 19.1. The van der Waals surface area contributed by atoms with E-state index in [0.29, 0.717) is 31.2 Å². The van der Waals surface area contributed by atoms with Gasteiger partial charge in [-0.2, -0.15) is 5.10 Å². The number of oxazole rings is 1. The maximum Gasteiger partial charge on any atom is 0.325 e. The van der Waals surface area contributed by atoms with Gasteiger partial charge in [-0.1, -0.05) is 39.0 Å². The number of fused-ring (bicyclic) bond motifs is 1. The van der Waals surface area contributed by atoms with Gasteiger partial charge in [0.2, 0.25) is 5.89 Å². The fraction of sp³-hybridized carbons (Fsp3) is 0.292. The molecule has 1 saturated heterocycles. The monoisotopic (exact) mass is 433 g/mol. The SMILES string of the molecule is CC(C)(C)c1cnc(CN2CCN(c3cccc4c3cnn4-c3ccccc3F)C2=O)o1. The number of nitrogens with zero attached hydrogens (tertiary/aromatic N) is 5. The lowest BCUT2D eigenvalue weighted by atomic mass is 9.94. The van der Waals surface area contributed by atoms with Crippen molar-refractivity contribution in [1.29, 1.82) is 0 Å². The number of para-hydroxylation sites is 1. The molecule has 0 saturated carbocycles. The lowest BCUT2D eigenvalue weighted by Gasteiger charge is -2.19. The molecule has 1 fully saturated rings. The molecule has 8 heteroatoms. The molecule has 0 unspecified atom stereocenters. The Morgan fingerprint density at radius 3 is 2.56 bits per heavy atom. The van der Waals surface area contributed by atoms with E-state index < -0.39 is 0 Å². The Balaban J connectivity index is 1.42. The minimum atomic E-state index is -0.355. The molecule has 0 radical (unpaired) electrons. The van der Waals surface area contributed by atoms with Gasteiger partial charge in [0.1, 0.15) is 17.3 Å². The van der Waals surface area contributed by atoms with E-state index in [2.05, 4.69) is 30.9 Å². The third-order valence-electron chi connectivity index (χ3n) is 5.68. The average molecular weight is 433 g/mol. The zero-order chi connectivity index (χ0) is 22.5. The Morgan fingerprint density at radius 1 is 1.03 bits per heavy atom. The summed E-state index contributed by atoms with van der Waals surface area (Å²) in [5, 5.41) is 5.19. The summed E-state index contributed by atoms with van der Waals surface area (Å²) in [4.78, 5) is 21.0. The molecule has 2 aromatic heterocycles. The van der Waals surface area contributed by atoms with Crippen molar-refractivity contribution in [1.82, 2.24) is 19.7 Å². The van der Waals surface area contributed by atoms with Gasteiger partial charge in [0.05, 0.1) is 30.1 Å². The first kappa shape index (κ1) is 20.2. The number of carbonyl (C=O) groups excluding carboxylic acids is 1. The van der Waals surface area contributed by atoms with Crippen molar-refractivity contribution in [3.05, 3.63) is 72.3 Å². The van der Waals surface area contributed by atoms with Crippen LogP contribution in [0.1, 0.15) is 32.4 Å².